The first-order valence-electron chi connectivity index (χ1n) is 12.5. The number of ether oxygens (including phenoxy) is 3. The highest BCUT2D eigenvalue weighted by Gasteiger charge is 2.21. The van der Waals surface area contributed by atoms with Crippen LogP contribution in [-0.4, -0.2) is 65.6 Å². The smallest absolute Gasteiger partial charge is 0.324 e. The van der Waals surface area contributed by atoms with E-state index in [9.17, 15) is 4.79 Å². The summed E-state index contributed by atoms with van der Waals surface area (Å²) in [6, 6.07) is 21.0. The second-order valence-electron chi connectivity index (χ2n) is 9.00. The molecule has 0 saturated heterocycles. The van der Waals surface area contributed by atoms with Crippen LogP contribution in [0.25, 0.3) is 0 Å². The Bertz CT molecular complexity index is 1150. The Morgan fingerprint density at radius 1 is 0.737 bits per heavy atom. The summed E-state index contributed by atoms with van der Waals surface area (Å²) in [6.45, 7) is 3.62. The highest BCUT2D eigenvalue weighted by molar-refractivity contribution is 5.92. The molecule has 204 valence electrons. The molecule has 0 atom stereocenters. The van der Waals surface area contributed by atoms with Crippen molar-refractivity contribution in [1.29, 1.82) is 0 Å². The summed E-state index contributed by atoms with van der Waals surface area (Å²) >= 11 is 0. The first-order valence-corrected chi connectivity index (χ1v) is 12.5. The molecule has 0 bridgehead atoms. The van der Waals surface area contributed by atoms with E-state index >= 15 is 0 Å². The molecule has 0 saturated carbocycles. The maximum atomic E-state index is 13.7. The number of benzene rings is 3. The minimum atomic E-state index is -0.157. The molecule has 38 heavy (non-hydrogen) atoms. The molecule has 0 aliphatic heterocycles. The zero-order valence-corrected chi connectivity index (χ0v) is 22.7. The van der Waals surface area contributed by atoms with E-state index in [0.717, 1.165) is 35.7 Å². The number of anilines is 4. The standard InChI is InChI=1S/C29H39N5O4/c1-32(25-11-14-27(30)28(31)19-25)29(35)34(21-23-7-12-26(38-4)13-8-23)20-22-5-9-24(10-6-22)33(15-17-36-2)16-18-37-3/h5-14,19H,15-18,20-21,30-31H2,1-4H3. The third-order valence-corrected chi connectivity index (χ3v) is 6.35. The van der Waals surface area contributed by atoms with Crippen LogP contribution in [0.15, 0.2) is 66.7 Å². The molecule has 0 fully saturated rings. The molecule has 0 aromatic heterocycles. The fourth-order valence-electron chi connectivity index (χ4n) is 4.04. The first kappa shape index (κ1) is 28.6. The summed E-state index contributed by atoms with van der Waals surface area (Å²) in [6.07, 6.45) is 0. The number of nitrogen functional groups attached to an aromatic ring is 2. The van der Waals surface area contributed by atoms with Gasteiger partial charge in [0, 0.05) is 58.8 Å². The van der Waals surface area contributed by atoms with Gasteiger partial charge in [-0.3, -0.25) is 4.90 Å². The number of urea groups is 1. The van der Waals surface area contributed by atoms with Crippen molar-refractivity contribution in [3.8, 4) is 5.75 Å². The molecule has 0 heterocycles. The molecule has 0 spiro atoms. The number of hydrogen-bond acceptors (Lipinski definition) is 7. The van der Waals surface area contributed by atoms with Gasteiger partial charge in [0.25, 0.3) is 0 Å². The topological polar surface area (TPSA) is 107 Å². The van der Waals surface area contributed by atoms with Gasteiger partial charge in [-0.2, -0.15) is 0 Å². The lowest BCUT2D eigenvalue weighted by atomic mass is 10.1. The molecule has 3 aromatic carbocycles. The highest BCUT2D eigenvalue weighted by atomic mass is 16.5. The molecule has 2 amide bonds. The molecule has 0 aliphatic carbocycles. The zero-order chi connectivity index (χ0) is 27.5. The van der Waals surface area contributed by atoms with Crippen molar-refractivity contribution in [3.63, 3.8) is 0 Å². The first-order chi connectivity index (χ1) is 18.4. The quantitative estimate of drug-likeness (QED) is 0.324. The number of nitrogens with zero attached hydrogens (tertiary/aromatic N) is 3. The van der Waals surface area contributed by atoms with Crippen molar-refractivity contribution in [2.45, 2.75) is 13.1 Å². The molecule has 4 N–H and O–H groups in total. The predicted octanol–water partition coefficient (Wildman–Crippen LogP) is 4.22. The van der Waals surface area contributed by atoms with Crippen molar-refractivity contribution in [2.24, 2.45) is 0 Å². The maximum Gasteiger partial charge on any atom is 0.324 e. The van der Waals surface area contributed by atoms with E-state index in [0.29, 0.717) is 43.4 Å². The molecule has 9 nitrogen and oxygen atoms in total. The maximum absolute atomic E-state index is 13.7. The summed E-state index contributed by atoms with van der Waals surface area (Å²) in [5.74, 6) is 0.767. The Balaban J connectivity index is 1.83. The third kappa shape index (κ3) is 7.77. The molecular weight excluding hydrogens is 482 g/mol. The van der Waals surface area contributed by atoms with Gasteiger partial charge in [0.1, 0.15) is 5.75 Å². The van der Waals surface area contributed by atoms with Gasteiger partial charge in [-0.05, 0) is 53.6 Å². The van der Waals surface area contributed by atoms with Crippen LogP contribution in [0.3, 0.4) is 0 Å². The Labute approximate surface area is 225 Å². The molecule has 9 heteroatoms. The van der Waals surface area contributed by atoms with Gasteiger partial charge in [0.2, 0.25) is 0 Å². The van der Waals surface area contributed by atoms with E-state index in [-0.39, 0.29) is 6.03 Å². The van der Waals surface area contributed by atoms with Gasteiger partial charge in [-0.25, -0.2) is 4.79 Å². The molecule has 0 radical (unpaired) electrons. The minimum Gasteiger partial charge on any atom is -0.497 e. The molecule has 3 aromatic rings. The number of carbonyl (C=O) groups is 1. The number of rotatable bonds is 13. The lowest BCUT2D eigenvalue weighted by Gasteiger charge is -2.29. The SMILES string of the molecule is COCCN(CCOC)c1ccc(CN(Cc2ccc(OC)cc2)C(=O)N(C)c2ccc(N)c(N)c2)cc1. The summed E-state index contributed by atoms with van der Waals surface area (Å²) < 4.78 is 15.8. The van der Waals surface area contributed by atoms with E-state index in [1.165, 1.54) is 0 Å². The van der Waals surface area contributed by atoms with Gasteiger partial charge in [0.15, 0.2) is 0 Å². The van der Waals surface area contributed by atoms with E-state index in [1.807, 2.05) is 24.3 Å². The second-order valence-corrected chi connectivity index (χ2v) is 9.00. The fourth-order valence-corrected chi connectivity index (χ4v) is 4.04. The molecule has 0 aliphatic rings. The Hall–Kier alpha value is -3.95. The van der Waals surface area contributed by atoms with Crippen LogP contribution in [0.2, 0.25) is 0 Å². The Kier molecular flexibility index (Phi) is 10.6. The minimum absolute atomic E-state index is 0.157. The fraction of sp³-hybridized carbons (Fsp3) is 0.345. The monoisotopic (exact) mass is 521 g/mol. The summed E-state index contributed by atoms with van der Waals surface area (Å²) in [4.78, 5) is 19.3. The van der Waals surface area contributed by atoms with Crippen LogP contribution < -0.4 is 26.0 Å². The van der Waals surface area contributed by atoms with Crippen molar-refractivity contribution in [2.75, 3.05) is 75.9 Å². The van der Waals surface area contributed by atoms with Gasteiger partial charge in [-0.1, -0.05) is 24.3 Å². The average molecular weight is 522 g/mol. The highest BCUT2D eigenvalue weighted by Crippen LogP contribution is 2.25. The summed E-state index contributed by atoms with van der Waals surface area (Å²) in [5, 5.41) is 0. The van der Waals surface area contributed by atoms with E-state index < -0.39 is 0 Å². The summed E-state index contributed by atoms with van der Waals surface area (Å²) in [7, 11) is 6.76. The second kappa shape index (κ2) is 14.1. The molecule has 0 unspecified atom stereocenters. The Morgan fingerprint density at radius 3 is 1.76 bits per heavy atom. The third-order valence-electron chi connectivity index (χ3n) is 6.35. The summed E-state index contributed by atoms with van der Waals surface area (Å²) in [5.41, 5.74) is 16.5. The van der Waals surface area contributed by atoms with Crippen molar-refractivity contribution < 1.29 is 19.0 Å². The van der Waals surface area contributed by atoms with Gasteiger partial charge >= 0.3 is 6.03 Å². The predicted molar refractivity (Wildman–Crippen MR) is 154 cm³/mol. The number of carbonyl (C=O) groups excluding carboxylic acids is 1. The van der Waals surface area contributed by atoms with Crippen molar-refractivity contribution in [1.82, 2.24) is 4.90 Å². The van der Waals surface area contributed by atoms with E-state index in [2.05, 4.69) is 29.2 Å². The molecule has 3 rings (SSSR count). The lowest BCUT2D eigenvalue weighted by Crippen LogP contribution is -2.40. The van der Waals surface area contributed by atoms with Gasteiger partial charge in [-0.15, -0.1) is 0 Å². The average Bonchev–Trinajstić information content (AvgIpc) is 2.94. The zero-order valence-electron chi connectivity index (χ0n) is 22.7. The number of hydrogen-bond donors (Lipinski definition) is 2. The number of nitrogens with two attached hydrogens (primary N) is 2. The van der Waals surface area contributed by atoms with Crippen LogP contribution in [0.5, 0.6) is 5.75 Å². The Morgan fingerprint density at radius 2 is 1.26 bits per heavy atom. The van der Waals surface area contributed by atoms with Crippen molar-refractivity contribution in [3.05, 3.63) is 77.9 Å². The lowest BCUT2D eigenvalue weighted by molar-refractivity contribution is 0.190. The van der Waals surface area contributed by atoms with Crippen LogP contribution in [0, 0.1) is 0 Å². The van der Waals surface area contributed by atoms with Crippen LogP contribution in [-0.2, 0) is 22.6 Å². The largest absolute Gasteiger partial charge is 0.497 e. The normalized spacial score (nSPS) is 10.7. The van der Waals surface area contributed by atoms with E-state index in [4.69, 9.17) is 25.7 Å². The van der Waals surface area contributed by atoms with Gasteiger partial charge < -0.3 is 35.5 Å². The number of methoxy groups -OCH3 is 3. The van der Waals surface area contributed by atoms with Crippen LogP contribution in [0.1, 0.15) is 11.1 Å². The van der Waals surface area contributed by atoms with E-state index in [1.54, 1.807) is 56.4 Å². The van der Waals surface area contributed by atoms with Crippen LogP contribution >= 0.6 is 0 Å². The van der Waals surface area contributed by atoms with Gasteiger partial charge in [0.05, 0.1) is 31.7 Å². The molecular formula is C29H39N5O4. The number of amides is 2. The van der Waals surface area contributed by atoms with Crippen molar-refractivity contribution >= 4 is 28.8 Å². The van der Waals surface area contributed by atoms with Crippen LogP contribution in [0.4, 0.5) is 27.5 Å².